The quantitative estimate of drug-likeness (QED) is 0.493. The van der Waals surface area contributed by atoms with Crippen LogP contribution in [0, 0.1) is 12.3 Å². The predicted octanol–water partition coefficient (Wildman–Crippen LogP) is 1.02. The molecule has 3 rings (SSSR count). The molecule has 0 unspecified atom stereocenters. The van der Waals surface area contributed by atoms with Gasteiger partial charge < -0.3 is 4.57 Å². The molecule has 1 aromatic heterocycles. The van der Waals surface area contributed by atoms with Crippen LogP contribution in [0.5, 0.6) is 0 Å². The average Bonchev–Trinajstić information content (AvgIpc) is 2.82. The summed E-state index contributed by atoms with van der Waals surface area (Å²) in [6, 6.07) is 6.69. The van der Waals surface area contributed by atoms with Crippen molar-refractivity contribution in [2.45, 2.75) is 6.54 Å². The molecule has 1 fully saturated rings. The lowest BCUT2D eigenvalue weighted by molar-refractivity contribution is -0.123. The third-order valence-electron chi connectivity index (χ3n) is 3.32. The van der Waals surface area contributed by atoms with Crippen molar-refractivity contribution < 1.29 is 14.4 Å². The summed E-state index contributed by atoms with van der Waals surface area (Å²) in [5.41, 5.74) is 1.46. The second-order valence-corrected chi connectivity index (χ2v) is 4.73. The van der Waals surface area contributed by atoms with E-state index in [2.05, 4.69) is 5.92 Å². The fourth-order valence-corrected chi connectivity index (χ4v) is 2.38. The number of aromatic nitrogens is 1. The van der Waals surface area contributed by atoms with Crippen molar-refractivity contribution in [3.05, 3.63) is 41.6 Å². The van der Waals surface area contributed by atoms with Crippen molar-refractivity contribution in [3.63, 3.8) is 0 Å². The number of carbonyl (C=O) groups excluding carboxylic acids is 3. The molecule has 22 heavy (non-hydrogen) atoms. The van der Waals surface area contributed by atoms with Crippen LogP contribution in [0.2, 0.25) is 0 Å². The molecular formula is C16H11N3O3. The maximum atomic E-state index is 11.8. The van der Waals surface area contributed by atoms with E-state index < -0.39 is 17.8 Å². The van der Waals surface area contributed by atoms with Crippen molar-refractivity contribution >= 4 is 34.8 Å². The van der Waals surface area contributed by atoms with Crippen LogP contribution in [0.3, 0.4) is 0 Å². The third-order valence-corrected chi connectivity index (χ3v) is 3.32. The first-order chi connectivity index (χ1) is 10.6. The van der Waals surface area contributed by atoms with Gasteiger partial charge in [0.15, 0.2) is 0 Å². The summed E-state index contributed by atoms with van der Waals surface area (Å²) >= 11 is 0. The molecule has 1 aliphatic rings. The lowest BCUT2D eigenvalue weighted by Gasteiger charge is -2.13. The Morgan fingerprint density at radius 3 is 2.50 bits per heavy atom. The van der Waals surface area contributed by atoms with E-state index in [0.717, 1.165) is 10.9 Å². The summed E-state index contributed by atoms with van der Waals surface area (Å²) in [4.78, 5) is 34.6. The number of para-hydroxylation sites is 1. The number of hydrogen-bond donors (Lipinski definition) is 2. The van der Waals surface area contributed by atoms with Gasteiger partial charge in [0.2, 0.25) is 0 Å². The Hall–Kier alpha value is -3.33. The largest absolute Gasteiger partial charge is 0.335 e. The van der Waals surface area contributed by atoms with E-state index in [1.807, 2.05) is 39.5 Å². The molecule has 6 heteroatoms. The van der Waals surface area contributed by atoms with E-state index in [4.69, 9.17) is 6.42 Å². The molecule has 0 aliphatic carbocycles. The van der Waals surface area contributed by atoms with Gasteiger partial charge >= 0.3 is 6.03 Å². The van der Waals surface area contributed by atoms with E-state index in [9.17, 15) is 14.4 Å². The van der Waals surface area contributed by atoms with Gasteiger partial charge in [0.1, 0.15) is 5.57 Å². The minimum Gasteiger partial charge on any atom is -0.335 e. The number of nitrogens with one attached hydrogen (secondary N) is 2. The number of nitrogens with zero attached hydrogens (tertiary/aromatic N) is 1. The summed E-state index contributed by atoms with van der Waals surface area (Å²) in [6.07, 6.45) is 8.58. The monoisotopic (exact) mass is 293 g/mol. The molecule has 2 N–H and O–H groups in total. The van der Waals surface area contributed by atoms with Crippen molar-refractivity contribution in [1.82, 2.24) is 15.2 Å². The molecule has 0 bridgehead atoms. The van der Waals surface area contributed by atoms with E-state index in [1.54, 1.807) is 6.20 Å². The molecule has 0 radical (unpaired) electrons. The molecule has 6 nitrogen and oxygen atoms in total. The highest BCUT2D eigenvalue weighted by atomic mass is 16.2. The number of imide groups is 2. The molecule has 108 valence electrons. The van der Waals surface area contributed by atoms with Crippen LogP contribution in [0.1, 0.15) is 5.56 Å². The standard InChI is InChI=1S/C16H11N3O3/c1-2-7-19-9-10(11-5-3-4-6-13(11)19)8-12-14(20)17-16(22)18-15(12)21/h1,3-6,8-9H,7H2,(H2,17,18,20,21,22). The fourth-order valence-electron chi connectivity index (χ4n) is 2.38. The Labute approximate surface area is 125 Å². The van der Waals surface area contributed by atoms with Crippen LogP contribution in [-0.2, 0) is 16.1 Å². The van der Waals surface area contributed by atoms with Crippen LogP contribution >= 0.6 is 0 Å². The third kappa shape index (κ3) is 2.25. The van der Waals surface area contributed by atoms with Crippen LogP contribution in [0.4, 0.5) is 4.79 Å². The Morgan fingerprint density at radius 2 is 1.82 bits per heavy atom. The van der Waals surface area contributed by atoms with Crippen LogP contribution in [-0.4, -0.2) is 22.4 Å². The van der Waals surface area contributed by atoms with Gasteiger partial charge in [0.25, 0.3) is 11.8 Å². The van der Waals surface area contributed by atoms with Crippen molar-refractivity contribution in [2.24, 2.45) is 0 Å². The number of urea groups is 1. The molecule has 1 saturated heterocycles. The highest BCUT2D eigenvalue weighted by Crippen LogP contribution is 2.24. The number of carbonyl (C=O) groups is 3. The normalized spacial score (nSPS) is 14.5. The topological polar surface area (TPSA) is 80.2 Å². The smallest absolute Gasteiger partial charge is 0.328 e. The summed E-state index contributed by atoms with van der Waals surface area (Å²) < 4.78 is 1.85. The molecule has 0 atom stereocenters. The number of benzene rings is 1. The van der Waals surface area contributed by atoms with Gasteiger partial charge in [0, 0.05) is 22.7 Å². The molecular weight excluding hydrogens is 282 g/mol. The van der Waals surface area contributed by atoms with Crippen LogP contribution in [0.15, 0.2) is 36.0 Å². The molecule has 1 aromatic carbocycles. The second kappa shape index (κ2) is 5.22. The molecule has 2 heterocycles. The first-order valence-corrected chi connectivity index (χ1v) is 6.50. The molecule has 0 spiro atoms. The van der Waals surface area contributed by atoms with Gasteiger partial charge in [-0.05, 0) is 12.1 Å². The number of barbiturate groups is 1. The zero-order chi connectivity index (χ0) is 15.7. The van der Waals surface area contributed by atoms with E-state index >= 15 is 0 Å². The van der Waals surface area contributed by atoms with Gasteiger partial charge in [-0.15, -0.1) is 6.42 Å². The van der Waals surface area contributed by atoms with Gasteiger partial charge in [0.05, 0.1) is 6.54 Å². The second-order valence-electron chi connectivity index (χ2n) is 4.73. The number of terminal acetylenes is 1. The maximum absolute atomic E-state index is 11.8. The van der Waals surface area contributed by atoms with Crippen LogP contribution < -0.4 is 10.6 Å². The Morgan fingerprint density at radius 1 is 1.14 bits per heavy atom. The first kappa shape index (κ1) is 13.6. The van der Waals surface area contributed by atoms with E-state index in [-0.39, 0.29) is 5.57 Å². The molecule has 1 aliphatic heterocycles. The Kier molecular flexibility index (Phi) is 3.24. The number of rotatable bonds is 2. The maximum Gasteiger partial charge on any atom is 0.328 e. The highest BCUT2D eigenvalue weighted by molar-refractivity contribution is 6.31. The van der Waals surface area contributed by atoms with Crippen molar-refractivity contribution in [1.29, 1.82) is 0 Å². The van der Waals surface area contributed by atoms with E-state index in [1.165, 1.54) is 6.08 Å². The summed E-state index contributed by atoms with van der Waals surface area (Å²) in [6.45, 7) is 0.376. The zero-order valence-electron chi connectivity index (χ0n) is 11.4. The molecule has 2 aromatic rings. The van der Waals surface area contributed by atoms with E-state index in [0.29, 0.717) is 12.1 Å². The fraction of sp³-hybridized carbons (Fsp3) is 0.0625. The Balaban J connectivity index is 2.13. The zero-order valence-corrected chi connectivity index (χ0v) is 11.4. The summed E-state index contributed by atoms with van der Waals surface area (Å²) in [7, 11) is 0. The molecule has 4 amide bonds. The number of amides is 4. The van der Waals surface area contributed by atoms with Crippen molar-refractivity contribution in [2.75, 3.05) is 0 Å². The highest BCUT2D eigenvalue weighted by Gasteiger charge is 2.28. The minimum atomic E-state index is -0.818. The average molecular weight is 293 g/mol. The van der Waals surface area contributed by atoms with Gasteiger partial charge in [-0.3, -0.25) is 20.2 Å². The lowest BCUT2D eigenvalue weighted by Crippen LogP contribution is -2.51. The SMILES string of the molecule is C#CCn1cc(C=C2C(=O)NC(=O)NC2=O)c2ccccc21. The van der Waals surface area contributed by atoms with Gasteiger partial charge in [-0.2, -0.15) is 0 Å². The Bertz CT molecular complexity index is 862. The van der Waals surface area contributed by atoms with Gasteiger partial charge in [-0.25, -0.2) is 4.79 Å². The summed E-state index contributed by atoms with van der Waals surface area (Å²) in [5.74, 6) is 1.12. The van der Waals surface area contributed by atoms with Crippen LogP contribution in [0.25, 0.3) is 17.0 Å². The number of fused-ring (bicyclic) bond motifs is 1. The summed E-state index contributed by atoms with van der Waals surface area (Å²) in [5, 5.41) is 4.95. The lowest BCUT2D eigenvalue weighted by atomic mass is 10.1. The predicted molar refractivity (Wildman–Crippen MR) is 80.4 cm³/mol. The first-order valence-electron chi connectivity index (χ1n) is 6.50. The molecule has 0 saturated carbocycles. The van der Waals surface area contributed by atoms with Gasteiger partial charge in [-0.1, -0.05) is 24.1 Å². The minimum absolute atomic E-state index is 0.122. The number of hydrogen-bond acceptors (Lipinski definition) is 3. The van der Waals surface area contributed by atoms with Crippen molar-refractivity contribution in [3.8, 4) is 12.3 Å².